The molecule has 3 atom stereocenters. The summed E-state index contributed by atoms with van der Waals surface area (Å²) in [5.41, 5.74) is -0.215. The number of ether oxygens (including phenoxy) is 1. The number of alkyl halides is 3. The van der Waals surface area contributed by atoms with Crippen LogP contribution >= 0.6 is 0 Å². The summed E-state index contributed by atoms with van der Waals surface area (Å²) in [6, 6.07) is 10.1. The van der Waals surface area contributed by atoms with E-state index in [2.05, 4.69) is 20.7 Å². The molecule has 0 unspecified atom stereocenters. The number of hydrogen-bond acceptors (Lipinski definition) is 6. The van der Waals surface area contributed by atoms with Crippen molar-refractivity contribution in [1.29, 1.82) is 0 Å². The summed E-state index contributed by atoms with van der Waals surface area (Å²) in [5.74, 6) is -0.380. The average Bonchev–Trinajstić information content (AvgIpc) is 3.37. The fraction of sp³-hybridized carbons (Fsp3) is 0.483. The lowest BCUT2D eigenvalue weighted by atomic mass is 9.89. The van der Waals surface area contributed by atoms with Crippen LogP contribution < -0.4 is 10.6 Å². The van der Waals surface area contributed by atoms with E-state index in [1.807, 2.05) is 27.7 Å². The first-order valence-electron chi connectivity index (χ1n) is 13.5. The Bertz CT molecular complexity index is 1260. The van der Waals surface area contributed by atoms with Gasteiger partial charge in [0.1, 0.15) is 11.9 Å². The number of rotatable bonds is 12. The van der Waals surface area contributed by atoms with Crippen molar-refractivity contribution in [3.05, 3.63) is 66.2 Å². The molecule has 0 bridgehead atoms. The van der Waals surface area contributed by atoms with E-state index in [4.69, 9.17) is 4.74 Å². The highest BCUT2D eigenvalue weighted by Crippen LogP contribution is 2.31. The number of carbonyl (C=O) groups is 1. The lowest BCUT2D eigenvalue weighted by Gasteiger charge is -2.31. The van der Waals surface area contributed by atoms with Crippen molar-refractivity contribution in [3.8, 4) is 11.3 Å². The first kappa shape index (κ1) is 31.9. The second-order valence-corrected chi connectivity index (χ2v) is 10.9. The van der Waals surface area contributed by atoms with Crippen molar-refractivity contribution in [2.24, 2.45) is 5.41 Å². The molecule has 224 valence electrons. The highest BCUT2D eigenvalue weighted by atomic mass is 19.4. The van der Waals surface area contributed by atoms with Crippen LogP contribution in [0.2, 0.25) is 0 Å². The van der Waals surface area contributed by atoms with Crippen LogP contribution in [0.25, 0.3) is 11.3 Å². The lowest BCUT2D eigenvalue weighted by molar-refractivity contribution is -0.137. The Morgan fingerprint density at radius 3 is 2.41 bits per heavy atom. The zero-order valence-corrected chi connectivity index (χ0v) is 23.6. The smallest absolute Gasteiger partial charge is 0.416 e. The van der Waals surface area contributed by atoms with E-state index in [0.29, 0.717) is 17.7 Å². The van der Waals surface area contributed by atoms with E-state index >= 15 is 0 Å². The maximum Gasteiger partial charge on any atom is 0.416 e. The van der Waals surface area contributed by atoms with Gasteiger partial charge < -0.3 is 20.5 Å². The minimum absolute atomic E-state index is 0.0355. The molecule has 0 saturated carbocycles. The number of nitrogens with zero attached hydrogens (tertiary/aromatic N) is 3. The molecule has 0 aliphatic rings. The van der Waals surface area contributed by atoms with Crippen molar-refractivity contribution in [2.75, 3.05) is 11.9 Å². The number of nitrogens with one attached hydrogen (secondary N) is 2. The summed E-state index contributed by atoms with van der Waals surface area (Å²) in [4.78, 5) is 16.7. The maximum absolute atomic E-state index is 13.4. The number of unbranched alkanes of at least 4 members (excludes halogenated alkanes) is 1. The molecule has 12 heteroatoms. The number of aliphatic hydroxyl groups excluding tert-OH is 1. The summed E-state index contributed by atoms with van der Waals surface area (Å²) >= 11 is 0. The van der Waals surface area contributed by atoms with E-state index in [1.54, 1.807) is 23.0 Å². The Hall–Kier alpha value is -3.67. The number of pyridine rings is 1. The number of aromatic nitrogens is 3. The quantitative estimate of drug-likeness (QED) is 0.173. The van der Waals surface area contributed by atoms with Gasteiger partial charge in [0.25, 0.3) is 0 Å². The van der Waals surface area contributed by atoms with Gasteiger partial charge in [-0.15, -0.1) is 0 Å². The summed E-state index contributed by atoms with van der Waals surface area (Å²) in [6.45, 7) is 7.95. The fourth-order valence-corrected chi connectivity index (χ4v) is 4.06. The third-order valence-corrected chi connectivity index (χ3v) is 6.56. The van der Waals surface area contributed by atoms with Gasteiger partial charge in [-0.2, -0.15) is 22.7 Å². The van der Waals surface area contributed by atoms with Crippen molar-refractivity contribution in [2.45, 2.75) is 77.9 Å². The Balaban J connectivity index is 1.64. The SMILES string of the molecule is CCCC[C@H](NC(=O)O[C@H](Cn1ccc(-c2ccc(C(F)(F)F)cc2)n1)C(C)(C)C)[C@H](O)CNc1cccc(F)n1. The van der Waals surface area contributed by atoms with Crippen LogP contribution in [-0.4, -0.2) is 50.8 Å². The molecule has 1 aromatic carbocycles. The normalized spacial score (nSPS) is 14.3. The van der Waals surface area contributed by atoms with Gasteiger partial charge in [0.05, 0.1) is 29.9 Å². The second kappa shape index (κ2) is 13.8. The van der Waals surface area contributed by atoms with Crippen molar-refractivity contribution in [1.82, 2.24) is 20.1 Å². The Morgan fingerprint density at radius 1 is 1.10 bits per heavy atom. The molecule has 1 amide bonds. The first-order chi connectivity index (χ1) is 19.3. The summed E-state index contributed by atoms with van der Waals surface area (Å²) < 4.78 is 59.4. The number of halogens is 4. The molecule has 2 heterocycles. The van der Waals surface area contributed by atoms with Crippen molar-refractivity contribution < 1.29 is 32.2 Å². The van der Waals surface area contributed by atoms with E-state index in [9.17, 15) is 27.5 Å². The second-order valence-electron chi connectivity index (χ2n) is 10.9. The van der Waals surface area contributed by atoms with Crippen LogP contribution in [-0.2, 0) is 17.5 Å². The van der Waals surface area contributed by atoms with Crippen LogP contribution in [0.1, 0.15) is 52.5 Å². The molecule has 2 aromatic heterocycles. The van der Waals surface area contributed by atoms with E-state index in [0.717, 1.165) is 25.0 Å². The van der Waals surface area contributed by atoms with Gasteiger partial charge in [0.15, 0.2) is 0 Å². The number of benzene rings is 1. The number of alkyl carbamates (subject to hydrolysis) is 1. The molecule has 3 aromatic rings. The van der Waals surface area contributed by atoms with Gasteiger partial charge in [0, 0.05) is 23.7 Å². The van der Waals surface area contributed by atoms with Crippen LogP contribution in [0.3, 0.4) is 0 Å². The summed E-state index contributed by atoms with van der Waals surface area (Å²) in [6.07, 6.45) is -2.97. The molecule has 3 rings (SSSR count). The lowest BCUT2D eigenvalue weighted by Crippen LogP contribution is -2.48. The van der Waals surface area contributed by atoms with Gasteiger partial charge in [0.2, 0.25) is 5.95 Å². The molecule has 0 aliphatic carbocycles. The molecule has 41 heavy (non-hydrogen) atoms. The van der Waals surface area contributed by atoms with Crippen LogP contribution in [0, 0.1) is 11.4 Å². The van der Waals surface area contributed by atoms with E-state index < -0.39 is 47.4 Å². The average molecular weight is 580 g/mol. The van der Waals surface area contributed by atoms with E-state index in [-0.39, 0.29) is 18.9 Å². The largest absolute Gasteiger partial charge is 0.444 e. The number of amides is 1. The standard InChI is InChI=1S/C29H37F4N5O3/c1-5-6-8-22(23(39)17-34-26-10-7-9-25(30)36-26)35-27(40)41-24(28(2,3)4)18-38-16-15-21(37-38)19-11-13-20(14-12-19)29(31,32)33/h7,9-16,22-24,39H,5-6,8,17-18H2,1-4H3,(H,34,36)(H,35,40)/t22-,23+,24+/m0/s1. The van der Waals surface area contributed by atoms with Gasteiger partial charge in [-0.05, 0) is 36.8 Å². The van der Waals surface area contributed by atoms with Gasteiger partial charge in [-0.3, -0.25) is 4.68 Å². The fourth-order valence-electron chi connectivity index (χ4n) is 4.06. The molecule has 0 spiro atoms. The highest BCUT2D eigenvalue weighted by molar-refractivity contribution is 5.68. The molecule has 3 N–H and O–H groups in total. The molecule has 0 fully saturated rings. The van der Waals surface area contributed by atoms with Crippen LogP contribution in [0.4, 0.5) is 28.2 Å². The number of hydrogen-bond donors (Lipinski definition) is 3. The molecule has 0 saturated heterocycles. The van der Waals surface area contributed by atoms with Gasteiger partial charge in [-0.25, -0.2) is 9.78 Å². The van der Waals surface area contributed by atoms with Crippen molar-refractivity contribution in [3.63, 3.8) is 0 Å². The zero-order valence-electron chi connectivity index (χ0n) is 23.6. The Morgan fingerprint density at radius 2 is 1.80 bits per heavy atom. The van der Waals surface area contributed by atoms with E-state index in [1.165, 1.54) is 24.3 Å². The predicted molar refractivity (Wildman–Crippen MR) is 148 cm³/mol. The minimum atomic E-state index is -4.42. The van der Waals surface area contributed by atoms with Crippen LogP contribution in [0.15, 0.2) is 54.7 Å². The summed E-state index contributed by atoms with van der Waals surface area (Å²) in [7, 11) is 0. The number of anilines is 1. The zero-order chi connectivity index (χ0) is 30.2. The monoisotopic (exact) mass is 579 g/mol. The molecular formula is C29H37F4N5O3. The molecule has 0 aliphatic heterocycles. The molecule has 8 nitrogen and oxygen atoms in total. The molecule has 0 radical (unpaired) electrons. The first-order valence-corrected chi connectivity index (χ1v) is 13.5. The van der Waals surface area contributed by atoms with Crippen LogP contribution in [0.5, 0.6) is 0 Å². The number of carbonyl (C=O) groups excluding carboxylic acids is 1. The van der Waals surface area contributed by atoms with Gasteiger partial charge >= 0.3 is 12.3 Å². The molecular weight excluding hydrogens is 542 g/mol. The summed E-state index contributed by atoms with van der Waals surface area (Å²) in [5, 5.41) is 20.9. The third kappa shape index (κ3) is 9.73. The number of aliphatic hydroxyl groups is 1. The Kier molecular flexibility index (Phi) is 10.7. The predicted octanol–water partition coefficient (Wildman–Crippen LogP) is 6.28. The third-order valence-electron chi connectivity index (χ3n) is 6.56. The maximum atomic E-state index is 13.4. The minimum Gasteiger partial charge on any atom is -0.444 e. The highest BCUT2D eigenvalue weighted by Gasteiger charge is 2.32. The van der Waals surface area contributed by atoms with Crippen molar-refractivity contribution >= 4 is 11.9 Å². The topological polar surface area (TPSA) is 101 Å². The van der Waals surface area contributed by atoms with Gasteiger partial charge in [-0.1, -0.05) is 58.7 Å². The Labute approximate surface area is 237 Å².